The zero-order valence-corrected chi connectivity index (χ0v) is 15.3. The molecule has 2 aliphatic rings. The SMILES string of the molecule is O=C(c1cc(I)ccc1Br)N1CCN(C(=O)C2CC2)CC1. The van der Waals surface area contributed by atoms with E-state index in [9.17, 15) is 9.59 Å². The Morgan fingerprint density at radius 1 is 1.10 bits per heavy atom. The monoisotopic (exact) mass is 462 g/mol. The lowest BCUT2D eigenvalue weighted by Crippen LogP contribution is -2.51. The third-order valence-corrected chi connectivity index (χ3v) is 5.33. The van der Waals surface area contributed by atoms with E-state index in [4.69, 9.17) is 0 Å². The van der Waals surface area contributed by atoms with E-state index in [1.165, 1.54) is 0 Å². The van der Waals surface area contributed by atoms with E-state index in [1.807, 2.05) is 28.0 Å². The molecule has 1 aliphatic heterocycles. The molecule has 1 saturated heterocycles. The molecule has 1 saturated carbocycles. The maximum Gasteiger partial charge on any atom is 0.255 e. The van der Waals surface area contributed by atoms with Crippen LogP contribution in [0, 0.1) is 9.49 Å². The summed E-state index contributed by atoms with van der Waals surface area (Å²) < 4.78 is 1.87. The quantitative estimate of drug-likeness (QED) is 0.634. The summed E-state index contributed by atoms with van der Waals surface area (Å²) in [6.45, 7) is 2.55. The first kappa shape index (κ1) is 15.3. The number of amides is 2. The highest BCUT2D eigenvalue weighted by atomic mass is 127. The molecule has 112 valence electrons. The Morgan fingerprint density at radius 3 is 2.33 bits per heavy atom. The maximum atomic E-state index is 12.6. The first-order valence-corrected chi connectivity index (χ1v) is 8.96. The Bertz CT molecular complexity index is 581. The van der Waals surface area contributed by atoms with Gasteiger partial charge in [-0.05, 0) is 69.6 Å². The number of hydrogen-bond acceptors (Lipinski definition) is 2. The molecule has 2 amide bonds. The van der Waals surface area contributed by atoms with Crippen molar-refractivity contribution in [2.45, 2.75) is 12.8 Å². The minimum Gasteiger partial charge on any atom is -0.339 e. The number of piperazine rings is 1. The molecular formula is C15H16BrIN2O2. The zero-order valence-electron chi connectivity index (χ0n) is 11.5. The maximum absolute atomic E-state index is 12.6. The van der Waals surface area contributed by atoms with Gasteiger partial charge in [-0.25, -0.2) is 0 Å². The summed E-state index contributed by atoms with van der Waals surface area (Å²) in [5, 5.41) is 0. The molecule has 0 N–H and O–H groups in total. The van der Waals surface area contributed by atoms with Crippen LogP contribution >= 0.6 is 38.5 Å². The first-order chi connectivity index (χ1) is 10.1. The minimum absolute atomic E-state index is 0.0407. The summed E-state index contributed by atoms with van der Waals surface area (Å²) in [6, 6.07) is 5.77. The molecule has 0 aromatic heterocycles. The van der Waals surface area contributed by atoms with Crippen LogP contribution < -0.4 is 0 Å². The Kier molecular flexibility index (Phi) is 4.54. The van der Waals surface area contributed by atoms with Crippen molar-refractivity contribution in [2.75, 3.05) is 26.2 Å². The molecule has 2 fully saturated rings. The zero-order chi connectivity index (χ0) is 15.0. The summed E-state index contributed by atoms with van der Waals surface area (Å²) >= 11 is 5.65. The molecule has 1 heterocycles. The van der Waals surface area contributed by atoms with Crippen LogP contribution in [0.1, 0.15) is 23.2 Å². The molecule has 0 bridgehead atoms. The van der Waals surface area contributed by atoms with Crippen LogP contribution in [0.25, 0.3) is 0 Å². The second-order valence-electron chi connectivity index (χ2n) is 5.52. The molecule has 0 spiro atoms. The minimum atomic E-state index is 0.0407. The van der Waals surface area contributed by atoms with Crippen LogP contribution in [0.15, 0.2) is 22.7 Å². The molecule has 1 aromatic rings. The molecular weight excluding hydrogens is 447 g/mol. The van der Waals surface area contributed by atoms with Crippen molar-refractivity contribution in [3.8, 4) is 0 Å². The molecule has 0 radical (unpaired) electrons. The fourth-order valence-electron chi connectivity index (χ4n) is 2.55. The lowest BCUT2D eigenvalue weighted by molar-refractivity contribution is -0.134. The number of carbonyl (C=O) groups is 2. The number of halogens is 2. The van der Waals surface area contributed by atoms with E-state index in [1.54, 1.807) is 0 Å². The topological polar surface area (TPSA) is 40.6 Å². The molecule has 0 unspecified atom stereocenters. The standard InChI is InChI=1S/C15H16BrIN2O2/c16-13-4-3-11(17)9-12(13)15(21)19-7-5-18(6-8-19)14(20)10-1-2-10/h3-4,9-10H,1-2,5-8H2. The van der Waals surface area contributed by atoms with Crippen molar-refractivity contribution in [3.63, 3.8) is 0 Å². The van der Waals surface area contributed by atoms with Crippen LogP contribution in [-0.4, -0.2) is 47.8 Å². The number of carbonyl (C=O) groups excluding carboxylic acids is 2. The fourth-order valence-corrected chi connectivity index (χ4v) is 3.46. The van der Waals surface area contributed by atoms with E-state index in [2.05, 4.69) is 38.5 Å². The van der Waals surface area contributed by atoms with Gasteiger partial charge in [0.05, 0.1) is 5.56 Å². The van der Waals surface area contributed by atoms with Crippen LogP contribution in [0.3, 0.4) is 0 Å². The smallest absolute Gasteiger partial charge is 0.255 e. The van der Waals surface area contributed by atoms with E-state index in [0.717, 1.165) is 20.9 Å². The number of rotatable bonds is 2. The second-order valence-corrected chi connectivity index (χ2v) is 7.62. The van der Waals surface area contributed by atoms with E-state index >= 15 is 0 Å². The summed E-state index contributed by atoms with van der Waals surface area (Å²) in [6.07, 6.45) is 2.07. The number of benzene rings is 1. The first-order valence-electron chi connectivity index (χ1n) is 7.09. The van der Waals surface area contributed by atoms with Gasteiger partial charge in [-0.2, -0.15) is 0 Å². The molecule has 6 heteroatoms. The summed E-state index contributed by atoms with van der Waals surface area (Å²) in [4.78, 5) is 28.4. The van der Waals surface area contributed by atoms with Crippen LogP contribution in [-0.2, 0) is 4.79 Å². The van der Waals surface area contributed by atoms with Crippen LogP contribution in [0.5, 0.6) is 0 Å². The van der Waals surface area contributed by atoms with Gasteiger partial charge in [0.2, 0.25) is 5.91 Å². The molecule has 1 aromatic carbocycles. The predicted octanol–water partition coefficient (Wildman–Crippen LogP) is 2.75. The van der Waals surface area contributed by atoms with Gasteiger partial charge >= 0.3 is 0 Å². The average Bonchev–Trinajstić information content (AvgIpc) is 3.33. The second kappa shape index (κ2) is 6.24. The Labute approximate surface area is 146 Å². The van der Waals surface area contributed by atoms with Gasteiger partial charge < -0.3 is 9.80 Å². The lowest BCUT2D eigenvalue weighted by atomic mass is 10.2. The van der Waals surface area contributed by atoms with Gasteiger partial charge in [0.15, 0.2) is 0 Å². The van der Waals surface area contributed by atoms with Crippen LogP contribution in [0.4, 0.5) is 0 Å². The van der Waals surface area contributed by atoms with Crippen molar-refractivity contribution < 1.29 is 9.59 Å². The largest absolute Gasteiger partial charge is 0.339 e. The number of nitrogens with zero attached hydrogens (tertiary/aromatic N) is 2. The highest BCUT2D eigenvalue weighted by Gasteiger charge is 2.35. The average molecular weight is 463 g/mol. The third-order valence-electron chi connectivity index (χ3n) is 3.96. The molecule has 4 nitrogen and oxygen atoms in total. The summed E-state index contributed by atoms with van der Waals surface area (Å²) in [7, 11) is 0. The van der Waals surface area contributed by atoms with E-state index < -0.39 is 0 Å². The van der Waals surface area contributed by atoms with Gasteiger partial charge in [-0.1, -0.05) is 0 Å². The van der Waals surface area contributed by atoms with Crippen molar-refractivity contribution in [1.29, 1.82) is 0 Å². The Morgan fingerprint density at radius 2 is 1.71 bits per heavy atom. The van der Waals surface area contributed by atoms with E-state index in [0.29, 0.717) is 31.7 Å². The van der Waals surface area contributed by atoms with Crippen molar-refractivity contribution in [1.82, 2.24) is 9.80 Å². The highest BCUT2D eigenvalue weighted by molar-refractivity contribution is 14.1. The van der Waals surface area contributed by atoms with Crippen molar-refractivity contribution >= 4 is 50.3 Å². The molecule has 21 heavy (non-hydrogen) atoms. The van der Waals surface area contributed by atoms with Gasteiger partial charge in [0.25, 0.3) is 5.91 Å². The Hall–Kier alpha value is -0.630. The molecule has 1 aliphatic carbocycles. The van der Waals surface area contributed by atoms with Crippen molar-refractivity contribution in [3.05, 3.63) is 31.8 Å². The number of hydrogen-bond donors (Lipinski definition) is 0. The normalized spacial score (nSPS) is 18.8. The third kappa shape index (κ3) is 3.41. The van der Waals surface area contributed by atoms with Gasteiger partial charge in [-0.15, -0.1) is 0 Å². The highest BCUT2D eigenvalue weighted by Crippen LogP contribution is 2.31. The Balaban J connectivity index is 1.64. The molecule has 3 rings (SSSR count). The van der Waals surface area contributed by atoms with Crippen molar-refractivity contribution in [2.24, 2.45) is 5.92 Å². The van der Waals surface area contributed by atoms with Gasteiger partial charge in [0, 0.05) is 40.1 Å². The lowest BCUT2D eigenvalue weighted by Gasteiger charge is -2.35. The van der Waals surface area contributed by atoms with Gasteiger partial charge in [-0.3, -0.25) is 9.59 Å². The van der Waals surface area contributed by atoms with Crippen LogP contribution in [0.2, 0.25) is 0 Å². The molecule has 0 atom stereocenters. The summed E-state index contributed by atoms with van der Waals surface area (Å²) in [5.74, 6) is 0.577. The van der Waals surface area contributed by atoms with Gasteiger partial charge in [0.1, 0.15) is 0 Å². The van der Waals surface area contributed by atoms with E-state index in [-0.39, 0.29) is 17.7 Å². The predicted molar refractivity (Wildman–Crippen MR) is 92.1 cm³/mol. The summed E-state index contributed by atoms with van der Waals surface area (Å²) in [5.41, 5.74) is 0.698. The fraction of sp³-hybridized carbons (Fsp3) is 0.467.